The highest BCUT2D eigenvalue weighted by atomic mass is 16.5. The molecule has 7 nitrogen and oxygen atoms in total. The third-order valence-corrected chi connectivity index (χ3v) is 3.87. The lowest BCUT2D eigenvalue weighted by Gasteiger charge is -2.07. The molecule has 0 aliphatic carbocycles. The minimum atomic E-state index is -0.540. The molecule has 2 aromatic carbocycles. The summed E-state index contributed by atoms with van der Waals surface area (Å²) in [6, 6.07) is 17.1. The average Bonchev–Trinajstić information content (AvgIpc) is 2.70. The predicted molar refractivity (Wildman–Crippen MR) is 102 cm³/mol. The van der Waals surface area contributed by atoms with Crippen LogP contribution in [-0.2, 0) is 16.1 Å². The summed E-state index contributed by atoms with van der Waals surface area (Å²) >= 11 is 0. The van der Waals surface area contributed by atoms with E-state index < -0.39 is 17.7 Å². The summed E-state index contributed by atoms with van der Waals surface area (Å²) in [5, 5.41) is 3.32. The van der Waals surface area contributed by atoms with E-state index in [-0.39, 0.29) is 19.6 Å². The predicted octanol–water partition coefficient (Wildman–Crippen LogP) is 3.41. The lowest BCUT2D eigenvalue weighted by Crippen LogP contribution is -2.26. The topological polar surface area (TPSA) is 94.8 Å². The SMILES string of the molecule is O=C(CCCNC(=O)OCc1ccccc1)Oc1ccc2ccc(=O)oc2c1. The van der Waals surface area contributed by atoms with Crippen LogP contribution in [0, 0.1) is 0 Å². The van der Waals surface area contributed by atoms with Crippen molar-refractivity contribution in [3.63, 3.8) is 0 Å². The molecule has 1 N–H and O–H groups in total. The van der Waals surface area contributed by atoms with Crippen LogP contribution in [0.25, 0.3) is 11.0 Å². The van der Waals surface area contributed by atoms with Gasteiger partial charge in [0.1, 0.15) is 17.9 Å². The Morgan fingerprint density at radius 2 is 1.79 bits per heavy atom. The summed E-state index contributed by atoms with van der Waals surface area (Å²) in [6.45, 7) is 0.474. The van der Waals surface area contributed by atoms with Gasteiger partial charge in [-0.1, -0.05) is 30.3 Å². The Labute approximate surface area is 160 Å². The van der Waals surface area contributed by atoms with E-state index in [9.17, 15) is 14.4 Å². The van der Waals surface area contributed by atoms with Crippen molar-refractivity contribution in [2.75, 3.05) is 6.54 Å². The number of nitrogens with one attached hydrogen (secondary N) is 1. The minimum Gasteiger partial charge on any atom is -0.445 e. The summed E-state index contributed by atoms with van der Waals surface area (Å²) < 4.78 is 15.4. The van der Waals surface area contributed by atoms with E-state index >= 15 is 0 Å². The Kier molecular flexibility index (Phi) is 6.41. The summed E-state index contributed by atoms with van der Waals surface area (Å²) in [4.78, 5) is 34.8. The molecule has 0 saturated heterocycles. The zero-order chi connectivity index (χ0) is 19.8. The smallest absolute Gasteiger partial charge is 0.407 e. The number of carbonyl (C=O) groups is 2. The molecule has 0 aliphatic heterocycles. The molecule has 144 valence electrons. The van der Waals surface area contributed by atoms with Crippen molar-refractivity contribution in [1.29, 1.82) is 0 Å². The van der Waals surface area contributed by atoms with E-state index in [1.807, 2.05) is 30.3 Å². The second-order valence-electron chi connectivity index (χ2n) is 6.02. The van der Waals surface area contributed by atoms with Crippen LogP contribution in [0.3, 0.4) is 0 Å². The molecule has 0 bridgehead atoms. The molecule has 3 rings (SSSR count). The number of alkyl carbamates (subject to hydrolysis) is 1. The number of carbonyl (C=O) groups excluding carboxylic acids is 2. The molecule has 0 radical (unpaired) electrons. The lowest BCUT2D eigenvalue weighted by atomic mass is 10.2. The van der Waals surface area contributed by atoms with Gasteiger partial charge in [0.25, 0.3) is 0 Å². The number of esters is 1. The summed E-state index contributed by atoms with van der Waals surface area (Å²) in [5.41, 5.74) is 0.772. The monoisotopic (exact) mass is 381 g/mol. The first-order valence-electron chi connectivity index (χ1n) is 8.79. The summed E-state index contributed by atoms with van der Waals surface area (Å²) in [7, 11) is 0. The molecule has 1 heterocycles. The van der Waals surface area contributed by atoms with Gasteiger partial charge in [-0.2, -0.15) is 0 Å². The molecular formula is C21H19NO6. The van der Waals surface area contributed by atoms with Gasteiger partial charge in [-0.3, -0.25) is 4.79 Å². The zero-order valence-electron chi connectivity index (χ0n) is 15.1. The number of amides is 1. The molecule has 28 heavy (non-hydrogen) atoms. The van der Waals surface area contributed by atoms with Gasteiger partial charge in [0.15, 0.2) is 0 Å². The first-order valence-corrected chi connectivity index (χ1v) is 8.79. The van der Waals surface area contributed by atoms with Gasteiger partial charge < -0.3 is 19.2 Å². The number of benzene rings is 2. The van der Waals surface area contributed by atoms with E-state index in [2.05, 4.69) is 5.32 Å². The van der Waals surface area contributed by atoms with E-state index in [1.54, 1.807) is 18.2 Å². The number of ether oxygens (including phenoxy) is 2. The first kappa shape index (κ1) is 19.2. The molecular weight excluding hydrogens is 362 g/mol. The lowest BCUT2D eigenvalue weighted by molar-refractivity contribution is -0.134. The molecule has 0 unspecified atom stereocenters. The Morgan fingerprint density at radius 1 is 1.00 bits per heavy atom. The van der Waals surface area contributed by atoms with Gasteiger partial charge in [-0.15, -0.1) is 0 Å². The van der Waals surface area contributed by atoms with Gasteiger partial charge >= 0.3 is 17.7 Å². The van der Waals surface area contributed by atoms with Crippen molar-refractivity contribution in [3.05, 3.63) is 76.6 Å². The number of rotatable bonds is 7. The Bertz CT molecular complexity index is 1010. The quantitative estimate of drug-likeness (QED) is 0.292. The van der Waals surface area contributed by atoms with Crippen molar-refractivity contribution in [2.24, 2.45) is 0 Å². The van der Waals surface area contributed by atoms with Gasteiger partial charge in [-0.25, -0.2) is 9.59 Å². The highest BCUT2D eigenvalue weighted by Crippen LogP contribution is 2.19. The fourth-order valence-electron chi connectivity index (χ4n) is 2.48. The number of hydrogen-bond acceptors (Lipinski definition) is 6. The van der Waals surface area contributed by atoms with Gasteiger partial charge in [0.2, 0.25) is 0 Å². The standard InChI is InChI=1S/C21H19NO6/c23-19(27-17-10-8-16-9-11-20(24)28-18(16)13-17)7-4-12-22-21(25)26-14-15-5-2-1-3-6-15/h1-3,5-6,8-11,13H,4,7,12,14H2,(H,22,25). The van der Waals surface area contributed by atoms with Crippen molar-refractivity contribution in [1.82, 2.24) is 5.32 Å². The maximum atomic E-state index is 11.9. The van der Waals surface area contributed by atoms with Crippen molar-refractivity contribution in [3.8, 4) is 5.75 Å². The van der Waals surface area contributed by atoms with E-state index in [1.165, 1.54) is 12.1 Å². The van der Waals surface area contributed by atoms with Gasteiger partial charge in [-0.05, 0) is 30.2 Å². The molecule has 0 atom stereocenters. The molecule has 0 aliphatic rings. The largest absolute Gasteiger partial charge is 0.445 e. The highest BCUT2D eigenvalue weighted by molar-refractivity contribution is 5.79. The average molecular weight is 381 g/mol. The van der Waals surface area contributed by atoms with E-state index in [0.717, 1.165) is 10.9 Å². The van der Waals surface area contributed by atoms with Crippen LogP contribution in [-0.4, -0.2) is 18.6 Å². The van der Waals surface area contributed by atoms with Crippen LogP contribution in [0.5, 0.6) is 5.75 Å². The minimum absolute atomic E-state index is 0.121. The molecule has 3 aromatic rings. The molecule has 0 saturated carbocycles. The zero-order valence-corrected chi connectivity index (χ0v) is 15.1. The van der Waals surface area contributed by atoms with Crippen LogP contribution in [0.4, 0.5) is 4.79 Å². The molecule has 7 heteroatoms. The maximum Gasteiger partial charge on any atom is 0.407 e. The summed E-state index contributed by atoms with van der Waals surface area (Å²) in [5.74, 6) is -0.154. The Hall–Kier alpha value is -3.61. The Morgan fingerprint density at radius 3 is 2.61 bits per heavy atom. The van der Waals surface area contributed by atoms with Crippen LogP contribution in [0.1, 0.15) is 18.4 Å². The third-order valence-electron chi connectivity index (χ3n) is 3.87. The second-order valence-corrected chi connectivity index (χ2v) is 6.02. The fourth-order valence-corrected chi connectivity index (χ4v) is 2.48. The van der Waals surface area contributed by atoms with E-state index in [4.69, 9.17) is 13.9 Å². The van der Waals surface area contributed by atoms with Crippen molar-refractivity contribution < 1.29 is 23.5 Å². The van der Waals surface area contributed by atoms with Crippen molar-refractivity contribution >= 4 is 23.0 Å². The van der Waals surface area contributed by atoms with Gasteiger partial charge in [0.05, 0.1) is 0 Å². The third kappa shape index (κ3) is 5.70. The van der Waals surface area contributed by atoms with Crippen LogP contribution in [0.2, 0.25) is 0 Å². The first-order chi connectivity index (χ1) is 13.6. The van der Waals surface area contributed by atoms with E-state index in [0.29, 0.717) is 17.8 Å². The second kappa shape index (κ2) is 9.36. The van der Waals surface area contributed by atoms with Crippen LogP contribution in [0.15, 0.2) is 69.9 Å². The Balaban J connectivity index is 1.37. The van der Waals surface area contributed by atoms with Crippen molar-refractivity contribution in [2.45, 2.75) is 19.4 Å². The van der Waals surface area contributed by atoms with Crippen LogP contribution >= 0.6 is 0 Å². The fraction of sp³-hybridized carbons (Fsp3) is 0.190. The molecule has 1 amide bonds. The number of hydrogen-bond donors (Lipinski definition) is 1. The van der Waals surface area contributed by atoms with Gasteiger partial charge in [0, 0.05) is 30.5 Å². The molecule has 0 spiro atoms. The molecule has 0 fully saturated rings. The summed E-state index contributed by atoms with van der Waals surface area (Å²) in [6.07, 6.45) is -0.0145. The van der Waals surface area contributed by atoms with Crippen LogP contribution < -0.4 is 15.7 Å². The maximum absolute atomic E-state index is 11.9. The number of fused-ring (bicyclic) bond motifs is 1. The molecule has 1 aromatic heterocycles. The highest BCUT2D eigenvalue weighted by Gasteiger charge is 2.08. The normalized spacial score (nSPS) is 10.4.